The Labute approximate surface area is 126 Å². The summed E-state index contributed by atoms with van der Waals surface area (Å²) in [7, 11) is 0. The summed E-state index contributed by atoms with van der Waals surface area (Å²) >= 11 is 0. The van der Waals surface area contributed by atoms with Crippen molar-refractivity contribution < 1.29 is 28.2 Å². The normalized spacial score (nSPS) is 21.7. The van der Waals surface area contributed by atoms with Crippen molar-refractivity contribution in [3.8, 4) is 0 Å². The van der Waals surface area contributed by atoms with Crippen LogP contribution in [0.4, 0.5) is 20.6 Å². The average molecular weight is 310 g/mol. The topological polar surface area (TPSA) is 68.3 Å². The van der Waals surface area contributed by atoms with Crippen LogP contribution in [-0.2, 0) is 19.0 Å². The zero-order valence-electron chi connectivity index (χ0n) is 11.7. The number of carbonyl (C=O) groups excluding carboxylic acids is 2. The summed E-state index contributed by atoms with van der Waals surface area (Å²) in [5.74, 6) is -0.424. The highest BCUT2D eigenvalue weighted by Gasteiger charge is 2.34. The minimum atomic E-state index is -0.966. The fourth-order valence-corrected chi connectivity index (χ4v) is 2.50. The van der Waals surface area contributed by atoms with Gasteiger partial charge in [-0.25, -0.2) is 9.18 Å². The summed E-state index contributed by atoms with van der Waals surface area (Å²) in [4.78, 5) is 25.1. The lowest BCUT2D eigenvalue weighted by molar-refractivity contribution is -0.146. The van der Waals surface area contributed by atoms with Crippen molar-refractivity contribution in [1.29, 1.82) is 0 Å². The van der Waals surface area contributed by atoms with Gasteiger partial charge in [0.2, 0.25) is 0 Å². The molecule has 2 fully saturated rings. The van der Waals surface area contributed by atoms with Gasteiger partial charge in [-0.3, -0.25) is 9.69 Å². The Balaban J connectivity index is 1.77. The summed E-state index contributed by atoms with van der Waals surface area (Å²) < 4.78 is 29.0. The van der Waals surface area contributed by atoms with Crippen molar-refractivity contribution in [3.05, 3.63) is 24.0 Å². The van der Waals surface area contributed by atoms with E-state index < -0.39 is 18.2 Å². The van der Waals surface area contributed by atoms with Gasteiger partial charge in [0.1, 0.15) is 12.4 Å². The second-order valence-corrected chi connectivity index (χ2v) is 4.89. The fourth-order valence-electron chi connectivity index (χ4n) is 2.50. The number of amides is 1. The molecule has 0 radical (unpaired) electrons. The lowest BCUT2D eigenvalue weighted by Crippen LogP contribution is -2.36. The van der Waals surface area contributed by atoms with E-state index in [1.807, 2.05) is 4.90 Å². The predicted octanol–water partition coefficient (Wildman–Crippen LogP) is 1.12. The first-order valence-electron chi connectivity index (χ1n) is 6.88. The van der Waals surface area contributed by atoms with Crippen LogP contribution in [0.1, 0.15) is 0 Å². The smallest absolute Gasteiger partial charge is 0.417 e. The van der Waals surface area contributed by atoms with Crippen molar-refractivity contribution in [2.24, 2.45) is 0 Å². The van der Waals surface area contributed by atoms with Gasteiger partial charge in [-0.15, -0.1) is 0 Å². The van der Waals surface area contributed by atoms with Crippen LogP contribution in [0, 0.1) is 5.82 Å². The van der Waals surface area contributed by atoms with E-state index in [9.17, 15) is 14.0 Å². The van der Waals surface area contributed by atoms with Crippen LogP contribution in [0.5, 0.6) is 0 Å². The lowest BCUT2D eigenvalue weighted by Gasteiger charge is -2.29. The van der Waals surface area contributed by atoms with Gasteiger partial charge >= 0.3 is 6.09 Å². The summed E-state index contributed by atoms with van der Waals surface area (Å²) in [5, 5.41) is 0. The Morgan fingerprint density at radius 3 is 2.77 bits per heavy atom. The fraction of sp³-hybridized carbons (Fsp3) is 0.429. The second kappa shape index (κ2) is 6.18. The molecule has 7 nitrogen and oxygen atoms in total. The van der Waals surface area contributed by atoms with E-state index in [4.69, 9.17) is 9.47 Å². The Hall–Kier alpha value is -2.35. The first kappa shape index (κ1) is 14.6. The maximum Gasteiger partial charge on any atom is 0.417 e. The van der Waals surface area contributed by atoms with Crippen molar-refractivity contribution in [2.75, 3.05) is 42.6 Å². The highest BCUT2D eigenvalue weighted by molar-refractivity contribution is 5.90. The van der Waals surface area contributed by atoms with Crippen LogP contribution in [0.3, 0.4) is 0 Å². The summed E-state index contributed by atoms with van der Waals surface area (Å²) in [5.41, 5.74) is 0.830. The van der Waals surface area contributed by atoms with Crippen LogP contribution in [0.15, 0.2) is 18.2 Å². The number of halogens is 1. The number of hydrogen-bond acceptors (Lipinski definition) is 6. The average Bonchev–Trinajstić information content (AvgIpc) is 2.89. The molecule has 2 heterocycles. The minimum Gasteiger partial charge on any atom is -0.425 e. The second-order valence-electron chi connectivity index (χ2n) is 4.89. The number of morpholine rings is 1. The number of rotatable bonds is 4. The van der Waals surface area contributed by atoms with E-state index in [2.05, 4.69) is 4.74 Å². The lowest BCUT2D eigenvalue weighted by atomic mass is 10.2. The van der Waals surface area contributed by atoms with Crippen LogP contribution >= 0.6 is 0 Å². The quantitative estimate of drug-likeness (QED) is 0.776. The molecule has 0 bridgehead atoms. The molecule has 1 atom stereocenters. The van der Waals surface area contributed by atoms with E-state index in [0.29, 0.717) is 37.7 Å². The van der Waals surface area contributed by atoms with Gasteiger partial charge in [0, 0.05) is 13.1 Å². The van der Waals surface area contributed by atoms with E-state index in [-0.39, 0.29) is 13.0 Å². The molecule has 0 aromatic heterocycles. The van der Waals surface area contributed by atoms with E-state index in [1.165, 1.54) is 11.0 Å². The van der Waals surface area contributed by atoms with E-state index >= 15 is 0 Å². The molecule has 0 unspecified atom stereocenters. The van der Waals surface area contributed by atoms with Crippen molar-refractivity contribution in [3.63, 3.8) is 0 Å². The van der Waals surface area contributed by atoms with Crippen LogP contribution < -0.4 is 9.80 Å². The molecule has 22 heavy (non-hydrogen) atoms. The van der Waals surface area contributed by atoms with E-state index in [0.717, 1.165) is 0 Å². The molecular weight excluding hydrogens is 295 g/mol. The number of benzene rings is 1. The van der Waals surface area contributed by atoms with Crippen molar-refractivity contribution in [1.82, 2.24) is 0 Å². The van der Waals surface area contributed by atoms with Gasteiger partial charge in [-0.1, -0.05) is 0 Å². The third-order valence-corrected chi connectivity index (χ3v) is 3.59. The highest BCUT2D eigenvalue weighted by Crippen LogP contribution is 2.28. The molecule has 0 N–H and O–H groups in total. The number of ether oxygens (including phenoxy) is 3. The number of carbonyl (C=O) groups is 2. The van der Waals surface area contributed by atoms with Gasteiger partial charge in [0.15, 0.2) is 0 Å². The molecule has 2 saturated heterocycles. The van der Waals surface area contributed by atoms with Gasteiger partial charge < -0.3 is 19.1 Å². The molecule has 0 aliphatic carbocycles. The third-order valence-electron chi connectivity index (χ3n) is 3.59. The summed E-state index contributed by atoms with van der Waals surface area (Å²) in [6.07, 6.45) is -1.64. The van der Waals surface area contributed by atoms with Crippen LogP contribution in [0.2, 0.25) is 0 Å². The molecule has 8 heteroatoms. The summed E-state index contributed by atoms with van der Waals surface area (Å²) in [6, 6.07) is 4.53. The van der Waals surface area contributed by atoms with Crippen molar-refractivity contribution in [2.45, 2.75) is 6.29 Å². The monoisotopic (exact) mass is 310 g/mol. The van der Waals surface area contributed by atoms with Crippen molar-refractivity contribution >= 4 is 23.9 Å². The maximum absolute atomic E-state index is 14.3. The molecule has 1 aromatic rings. The molecule has 1 aromatic carbocycles. The summed E-state index contributed by atoms with van der Waals surface area (Å²) in [6.45, 7) is 2.61. The van der Waals surface area contributed by atoms with E-state index in [1.54, 1.807) is 12.1 Å². The molecule has 2 aliphatic heterocycles. The van der Waals surface area contributed by atoms with Gasteiger partial charge in [-0.2, -0.15) is 0 Å². The Bertz CT molecular complexity index is 576. The largest absolute Gasteiger partial charge is 0.425 e. The number of cyclic esters (lactones) is 1. The Morgan fingerprint density at radius 1 is 1.32 bits per heavy atom. The van der Waals surface area contributed by atoms with Gasteiger partial charge in [0.25, 0.3) is 12.8 Å². The first-order valence-corrected chi connectivity index (χ1v) is 6.88. The molecule has 118 valence electrons. The minimum absolute atomic E-state index is 0.0356. The molecular formula is C14H15FN2O5. The van der Waals surface area contributed by atoms with Gasteiger partial charge in [-0.05, 0) is 18.2 Å². The Kier molecular flexibility index (Phi) is 4.10. The first-order chi connectivity index (χ1) is 10.7. The molecule has 0 saturated carbocycles. The Morgan fingerprint density at radius 2 is 2.09 bits per heavy atom. The molecule has 0 spiro atoms. The van der Waals surface area contributed by atoms with Gasteiger partial charge in [0.05, 0.1) is 24.6 Å². The highest BCUT2D eigenvalue weighted by atomic mass is 19.1. The standard InChI is InChI=1S/C14H15FN2O5/c15-11-7-10(17-8-13(21-9-18)22-14(17)19)1-2-12(11)16-3-5-20-6-4-16/h1-2,7,9,13H,3-6,8H2/t13-/m1/s1. The molecule has 3 rings (SSSR count). The maximum atomic E-state index is 14.3. The van der Waals surface area contributed by atoms with Crippen LogP contribution in [-0.4, -0.2) is 51.7 Å². The zero-order chi connectivity index (χ0) is 15.5. The molecule has 2 aliphatic rings. The number of hydrogen-bond donors (Lipinski definition) is 0. The molecule has 1 amide bonds. The zero-order valence-corrected chi connectivity index (χ0v) is 11.7. The van der Waals surface area contributed by atoms with Crippen LogP contribution in [0.25, 0.3) is 0 Å². The number of anilines is 2. The predicted molar refractivity (Wildman–Crippen MR) is 74.2 cm³/mol. The SMILES string of the molecule is O=CO[C@H]1CN(c2ccc(N3CCOCC3)c(F)c2)C(=O)O1. The number of nitrogens with zero attached hydrogens (tertiary/aromatic N) is 2. The third kappa shape index (κ3) is 2.82.